The van der Waals surface area contributed by atoms with Crippen molar-refractivity contribution in [3.05, 3.63) is 0 Å². The molecule has 0 aromatic heterocycles. The average Bonchev–Trinajstić information content (AvgIpc) is 2.39. The zero-order chi connectivity index (χ0) is 13.0. The third-order valence-corrected chi connectivity index (χ3v) is 3.84. The molecule has 2 aliphatic rings. The number of carbonyl (C=O) groups is 1. The van der Waals surface area contributed by atoms with E-state index in [9.17, 15) is 4.79 Å². The molecule has 2 saturated heterocycles. The van der Waals surface area contributed by atoms with Gasteiger partial charge in [-0.1, -0.05) is 13.3 Å². The van der Waals surface area contributed by atoms with Gasteiger partial charge in [-0.05, 0) is 19.3 Å². The molecule has 1 N–H and O–H groups in total. The zero-order valence-electron chi connectivity index (χ0n) is 11.0. The Bertz CT molecular complexity index is 282. The van der Waals surface area contributed by atoms with Gasteiger partial charge in [0.15, 0.2) is 6.10 Å². The van der Waals surface area contributed by atoms with Crippen LogP contribution in [-0.4, -0.2) is 60.5 Å². The number of nitrogens with zero attached hydrogens (tertiary/aromatic N) is 1. The van der Waals surface area contributed by atoms with E-state index in [4.69, 9.17) is 14.6 Å². The minimum absolute atomic E-state index is 0.347. The number of hydrogen-bond acceptors (Lipinski definition) is 4. The lowest BCUT2D eigenvalue weighted by molar-refractivity contribution is -0.158. The number of aliphatic carboxylic acids is 1. The van der Waals surface area contributed by atoms with E-state index in [0.717, 1.165) is 38.8 Å². The van der Waals surface area contributed by atoms with Gasteiger partial charge in [-0.2, -0.15) is 0 Å². The van der Waals surface area contributed by atoms with E-state index in [0.29, 0.717) is 25.3 Å². The Morgan fingerprint density at radius 2 is 2.22 bits per heavy atom. The van der Waals surface area contributed by atoms with E-state index >= 15 is 0 Å². The Morgan fingerprint density at radius 1 is 1.39 bits per heavy atom. The molecule has 3 unspecified atom stereocenters. The summed E-state index contributed by atoms with van der Waals surface area (Å²) in [6, 6.07) is 0.459. The number of hydrogen-bond donors (Lipinski definition) is 1. The van der Waals surface area contributed by atoms with Crippen LogP contribution < -0.4 is 0 Å². The highest BCUT2D eigenvalue weighted by Crippen LogP contribution is 2.23. The summed E-state index contributed by atoms with van der Waals surface area (Å²) in [5, 5.41) is 9.01. The second-order valence-corrected chi connectivity index (χ2v) is 5.15. The molecule has 0 saturated carbocycles. The SMILES string of the molecule is CCCC1CC(N2CCOC(C(=O)O)C2)CCO1. The second-order valence-electron chi connectivity index (χ2n) is 5.15. The molecule has 0 radical (unpaired) electrons. The lowest BCUT2D eigenvalue weighted by atomic mass is 9.98. The molecule has 5 heteroatoms. The summed E-state index contributed by atoms with van der Waals surface area (Å²) in [6.07, 6.45) is 3.96. The first-order valence-electron chi connectivity index (χ1n) is 6.90. The Labute approximate surface area is 108 Å². The quantitative estimate of drug-likeness (QED) is 0.818. The molecule has 0 aliphatic carbocycles. The molecule has 2 rings (SSSR count). The molecule has 0 amide bonds. The number of carboxylic acid groups (broad SMARTS) is 1. The van der Waals surface area contributed by atoms with Crippen molar-refractivity contribution in [2.24, 2.45) is 0 Å². The zero-order valence-corrected chi connectivity index (χ0v) is 11.0. The fourth-order valence-corrected chi connectivity index (χ4v) is 2.87. The summed E-state index contributed by atoms with van der Waals surface area (Å²) in [7, 11) is 0. The molecule has 5 nitrogen and oxygen atoms in total. The van der Waals surface area contributed by atoms with Gasteiger partial charge in [0.25, 0.3) is 0 Å². The molecule has 2 fully saturated rings. The molecule has 0 spiro atoms. The number of ether oxygens (including phenoxy) is 2. The summed E-state index contributed by atoms with van der Waals surface area (Å²) in [5.41, 5.74) is 0. The van der Waals surface area contributed by atoms with Gasteiger partial charge in [0, 0.05) is 25.7 Å². The summed E-state index contributed by atoms with van der Waals surface area (Å²) in [4.78, 5) is 13.2. The number of rotatable bonds is 4. The smallest absolute Gasteiger partial charge is 0.334 e. The van der Waals surface area contributed by atoms with E-state index in [1.165, 1.54) is 0 Å². The van der Waals surface area contributed by atoms with Gasteiger partial charge in [-0.25, -0.2) is 4.79 Å². The molecule has 18 heavy (non-hydrogen) atoms. The highest BCUT2D eigenvalue weighted by atomic mass is 16.5. The van der Waals surface area contributed by atoms with Crippen LogP contribution in [0.25, 0.3) is 0 Å². The van der Waals surface area contributed by atoms with Crippen LogP contribution in [0.5, 0.6) is 0 Å². The number of morpholine rings is 1. The van der Waals surface area contributed by atoms with Crippen LogP contribution in [0.15, 0.2) is 0 Å². The first-order chi connectivity index (χ1) is 8.70. The van der Waals surface area contributed by atoms with Gasteiger partial charge >= 0.3 is 5.97 Å². The predicted octanol–water partition coefficient (Wildman–Crippen LogP) is 1.12. The summed E-state index contributed by atoms with van der Waals surface area (Å²) >= 11 is 0. The van der Waals surface area contributed by atoms with Gasteiger partial charge in [-0.15, -0.1) is 0 Å². The molecule has 0 bridgehead atoms. The van der Waals surface area contributed by atoms with E-state index in [2.05, 4.69) is 11.8 Å². The second kappa shape index (κ2) is 6.50. The van der Waals surface area contributed by atoms with Crippen molar-refractivity contribution in [2.45, 2.75) is 50.9 Å². The normalized spacial score (nSPS) is 34.4. The highest BCUT2D eigenvalue weighted by Gasteiger charge is 2.33. The lowest BCUT2D eigenvalue weighted by Gasteiger charge is -2.40. The molecule has 2 heterocycles. The fraction of sp³-hybridized carbons (Fsp3) is 0.923. The van der Waals surface area contributed by atoms with Crippen molar-refractivity contribution in [3.63, 3.8) is 0 Å². The highest BCUT2D eigenvalue weighted by molar-refractivity contribution is 5.72. The number of carboxylic acids is 1. The topological polar surface area (TPSA) is 59.0 Å². The average molecular weight is 257 g/mol. The van der Waals surface area contributed by atoms with Crippen LogP contribution in [0.1, 0.15) is 32.6 Å². The van der Waals surface area contributed by atoms with Gasteiger partial charge in [0.05, 0.1) is 12.7 Å². The summed E-state index contributed by atoms with van der Waals surface area (Å²) in [6.45, 7) is 4.84. The Balaban J connectivity index is 1.87. The molecule has 3 atom stereocenters. The van der Waals surface area contributed by atoms with Crippen LogP contribution in [0.3, 0.4) is 0 Å². The molecular formula is C13H23NO4. The van der Waals surface area contributed by atoms with Gasteiger partial charge < -0.3 is 14.6 Å². The monoisotopic (exact) mass is 257 g/mol. The maximum atomic E-state index is 11.0. The molecular weight excluding hydrogens is 234 g/mol. The van der Waals surface area contributed by atoms with Crippen molar-refractivity contribution in [2.75, 3.05) is 26.3 Å². The van der Waals surface area contributed by atoms with Crippen molar-refractivity contribution < 1.29 is 19.4 Å². The molecule has 104 valence electrons. The molecule has 0 aromatic rings. The van der Waals surface area contributed by atoms with Gasteiger partial charge in [0.1, 0.15) is 0 Å². The maximum Gasteiger partial charge on any atom is 0.334 e. The van der Waals surface area contributed by atoms with Gasteiger partial charge in [0.2, 0.25) is 0 Å². The van der Waals surface area contributed by atoms with Crippen LogP contribution in [0.2, 0.25) is 0 Å². The third-order valence-electron chi connectivity index (χ3n) is 3.84. The van der Waals surface area contributed by atoms with E-state index in [1.54, 1.807) is 0 Å². The van der Waals surface area contributed by atoms with Crippen LogP contribution in [0.4, 0.5) is 0 Å². The van der Waals surface area contributed by atoms with Crippen LogP contribution in [-0.2, 0) is 14.3 Å². The van der Waals surface area contributed by atoms with Crippen molar-refractivity contribution in [1.82, 2.24) is 4.90 Å². The van der Waals surface area contributed by atoms with E-state index in [-0.39, 0.29) is 0 Å². The van der Waals surface area contributed by atoms with Crippen molar-refractivity contribution in [3.8, 4) is 0 Å². The Kier molecular flexibility index (Phi) is 4.97. The van der Waals surface area contributed by atoms with Crippen LogP contribution in [0, 0.1) is 0 Å². The maximum absolute atomic E-state index is 11.0. The van der Waals surface area contributed by atoms with E-state index in [1.807, 2.05) is 0 Å². The summed E-state index contributed by atoms with van der Waals surface area (Å²) in [5.74, 6) is -0.850. The van der Waals surface area contributed by atoms with Crippen molar-refractivity contribution in [1.29, 1.82) is 0 Å². The Morgan fingerprint density at radius 3 is 2.94 bits per heavy atom. The third kappa shape index (κ3) is 3.43. The summed E-state index contributed by atoms with van der Waals surface area (Å²) < 4.78 is 11.0. The predicted molar refractivity (Wildman–Crippen MR) is 66.6 cm³/mol. The molecule has 0 aromatic carbocycles. The Hall–Kier alpha value is -0.650. The van der Waals surface area contributed by atoms with Crippen LogP contribution >= 0.6 is 0 Å². The minimum atomic E-state index is -0.850. The fourth-order valence-electron chi connectivity index (χ4n) is 2.87. The first kappa shape index (κ1) is 13.8. The minimum Gasteiger partial charge on any atom is -0.479 e. The molecule has 2 aliphatic heterocycles. The largest absolute Gasteiger partial charge is 0.479 e. The van der Waals surface area contributed by atoms with Crippen molar-refractivity contribution >= 4 is 5.97 Å². The first-order valence-corrected chi connectivity index (χ1v) is 6.90. The van der Waals surface area contributed by atoms with Gasteiger partial charge in [-0.3, -0.25) is 4.90 Å². The standard InChI is InChI=1S/C13H23NO4/c1-2-3-11-8-10(4-6-17-11)14-5-7-18-12(9-14)13(15)16/h10-12H,2-9H2,1H3,(H,15,16). The lowest BCUT2D eigenvalue weighted by Crippen LogP contribution is -2.52. The van der Waals surface area contributed by atoms with E-state index < -0.39 is 12.1 Å².